The normalized spacial score (nSPS) is 15.3. The Morgan fingerprint density at radius 3 is 2.41 bits per heavy atom. The van der Waals surface area contributed by atoms with Gasteiger partial charge >= 0.3 is 0 Å². The molecule has 0 aromatic heterocycles. The van der Waals surface area contributed by atoms with Crippen molar-refractivity contribution >= 4 is 23.2 Å². The van der Waals surface area contributed by atoms with Gasteiger partial charge in [-0.1, -0.05) is 57.0 Å². The van der Waals surface area contributed by atoms with Crippen LogP contribution in [0, 0.1) is 5.92 Å². The molecule has 32 heavy (non-hydrogen) atoms. The predicted molar refractivity (Wildman–Crippen MR) is 132 cm³/mol. The average Bonchev–Trinajstić information content (AvgIpc) is 3.35. The van der Waals surface area contributed by atoms with Gasteiger partial charge in [0.15, 0.2) is 0 Å². The van der Waals surface area contributed by atoms with Crippen molar-refractivity contribution in [3.63, 3.8) is 0 Å². The Bertz CT molecular complexity index is 891. The van der Waals surface area contributed by atoms with Crippen LogP contribution < -0.4 is 15.5 Å². The number of unbranched alkanes of at least 4 members (excludes halogenated alkanes) is 1. The Labute approximate surface area is 192 Å². The van der Waals surface area contributed by atoms with Crippen LogP contribution in [-0.4, -0.2) is 24.9 Å². The van der Waals surface area contributed by atoms with E-state index in [2.05, 4.69) is 29.4 Å². The summed E-state index contributed by atoms with van der Waals surface area (Å²) in [6, 6.07) is 15.6. The number of carbonyl (C=O) groups excluding carboxylic acids is 2. The van der Waals surface area contributed by atoms with Gasteiger partial charge in [0, 0.05) is 30.4 Å². The maximum absolute atomic E-state index is 13.3. The molecule has 5 heteroatoms. The number of carbonyl (C=O) groups is 2. The van der Waals surface area contributed by atoms with Gasteiger partial charge in [-0.2, -0.15) is 0 Å². The second-order valence-electron chi connectivity index (χ2n) is 8.77. The minimum absolute atomic E-state index is 0.00332. The monoisotopic (exact) mass is 435 g/mol. The van der Waals surface area contributed by atoms with Gasteiger partial charge in [0.25, 0.3) is 5.91 Å². The third-order valence-electron chi connectivity index (χ3n) is 6.37. The second kappa shape index (κ2) is 11.7. The molecule has 0 spiro atoms. The standard InChI is InChI=1S/C27H37N3O2/c1-4-6-12-21(5-2)26(31)29-23-15-16-25(30-17-10-11-18-30)24(19-23)27(32)28-20(3)22-13-8-7-9-14-22/h7-9,13-16,19-21H,4-6,10-12,17-18H2,1-3H3,(H,28,32)(H,29,31)/t20-,21+/m1/s1. The molecule has 0 saturated carbocycles. The lowest BCUT2D eigenvalue weighted by molar-refractivity contribution is -0.120. The molecule has 3 rings (SSSR count). The third kappa shape index (κ3) is 6.12. The molecule has 2 aromatic rings. The molecule has 0 bridgehead atoms. The topological polar surface area (TPSA) is 61.4 Å². The summed E-state index contributed by atoms with van der Waals surface area (Å²) in [5.74, 6) is -0.0696. The van der Waals surface area contributed by atoms with E-state index >= 15 is 0 Å². The zero-order chi connectivity index (χ0) is 22.9. The van der Waals surface area contributed by atoms with Crippen molar-refractivity contribution in [2.75, 3.05) is 23.3 Å². The van der Waals surface area contributed by atoms with E-state index in [1.165, 1.54) is 0 Å². The molecule has 0 aliphatic carbocycles. The van der Waals surface area contributed by atoms with E-state index < -0.39 is 0 Å². The summed E-state index contributed by atoms with van der Waals surface area (Å²) in [7, 11) is 0. The molecular formula is C27H37N3O2. The van der Waals surface area contributed by atoms with Crippen LogP contribution in [0.4, 0.5) is 11.4 Å². The van der Waals surface area contributed by atoms with Crippen molar-refractivity contribution in [3.05, 3.63) is 59.7 Å². The lowest BCUT2D eigenvalue weighted by atomic mass is 9.98. The number of anilines is 2. The molecule has 1 fully saturated rings. The number of nitrogens with one attached hydrogen (secondary N) is 2. The summed E-state index contributed by atoms with van der Waals surface area (Å²) in [4.78, 5) is 28.4. The number of rotatable bonds is 10. The van der Waals surface area contributed by atoms with Crippen molar-refractivity contribution in [2.45, 2.75) is 65.3 Å². The molecule has 1 heterocycles. The largest absolute Gasteiger partial charge is 0.371 e. The predicted octanol–water partition coefficient (Wildman–Crippen LogP) is 5.93. The molecule has 2 aromatic carbocycles. The van der Waals surface area contributed by atoms with E-state index in [4.69, 9.17) is 0 Å². The summed E-state index contributed by atoms with van der Waals surface area (Å²) >= 11 is 0. The highest BCUT2D eigenvalue weighted by Crippen LogP contribution is 2.29. The van der Waals surface area contributed by atoms with Crippen molar-refractivity contribution in [1.82, 2.24) is 5.32 Å². The number of nitrogens with zero attached hydrogens (tertiary/aromatic N) is 1. The van der Waals surface area contributed by atoms with Gasteiger partial charge in [-0.3, -0.25) is 9.59 Å². The zero-order valence-corrected chi connectivity index (χ0v) is 19.7. The number of hydrogen-bond donors (Lipinski definition) is 2. The Hall–Kier alpha value is -2.82. The molecule has 0 radical (unpaired) electrons. The minimum atomic E-state index is -0.114. The van der Waals surface area contributed by atoms with Crippen molar-refractivity contribution in [1.29, 1.82) is 0 Å². The van der Waals surface area contributed by atoms with Crippen LogP contribution in [0.25, 0.3) is 0 Å². The molecular weight excluding hydrogens is 398 g/mol. The summed E-state index contributed by atoms with van der Waals surface area (Å²) in [5.41, 5.74) is 3.31. The fourth-order valence-electron chi connectivity index (χ4n) is 4.34. The summed E-state index contributed by atoms with van der Waals surface area (Å²) in [5, 5.41) is 6.20. The van der Waals surface area contributed by atoms with E-state index in [9.17, 15) is 9.59 Å². The van der Waals surface area contributed by atoms with Crippen LogP contribution >= 0.6 is 0 Å². The van der Waals surface area contributed by atoms with Gasteiger partial charge in [0.2, 0.25) is 5.91 Å². The van der Waals surface area contributed by atoms with E-state index in [1.807, 2.05) is 55.5 Å². The maximum Gasteiger partial charge on any atom is 0.253 e. The minimum Gasteiger partial charge on any atom is -0.371 e. The van der Waals surface area contributed by atoms with Gasteiger partial charge in [0.05, 0.1) is 11.6 Å². The zero-order valence-electron chi connectivity index (χ0n) is 19.7. The number of amides is 2. The second-order valence-corrected chi connectivity index (χ2v) is 8.77. The van der Waals surface area contributed by atoms with Gasteiger partial charge in [-0.05, 0) is 56.4 Å². The molecule has 1 aliphatic rings. The third-order valence-corrected chi connectivity index (χ3v) is 6.37. The first kappa shape index (κ1) is 23.8. The smallest absolute Gasteiger partial charge is 0.253 e. The number of benzene rings is 2. The fraction of sp³-hybridized carbons (Fsp3) is 0.481. The molecule has 1 aliphatic heterocycles. The van der Waals surface area contributed by atoms with Crippen LogP contribution in [0.1, 0.15) is 81.3 Å². The van der Waals surface area contributed by atoms with Crippen LogP contribution in [0.5, 0.6) is 0 Å². The van der Waals surface area contributed by atoms with Crippen molar-refractivity contribution in [3.8, 4) is 0 Å². The highest BCUT2D eigenvalue weighted by molar-refractivity contribution is 6.02. The molecule has 5 nitrogen and oxygen atoms in total. The molecule has 1 saturated heterocycles. The Morgan fingerprint density at radius 2 is 1.75 bits per heavy atom. The lowest BCUT2D eigenvalue weighted by Gasteiger charge is -2.23. The van der Waals surface area contributed by atoms with E-state index in [-0.39, 0.29) is 23.8 Å². The van der Waals surface area contributed by atoms with Crippen LogP contribution in [-0.2, 0) is 4.79 Å². The molecule has 172 valence electrons. The lowest BCUT2D eigenvalue weighted by Crippen LogP contribution is -2.30. The van der Waals surface area contributed by atoms with Crippen molar-refractivity contribution < 1.29 is 9.59 Å². The van der Waals surface area contributed by atoms with Gasteiger partial charge in [0.1, 0.15) is 0 Å². The van der Waals surface area contributed by atoms with E-state index in [0.717, 1.165) is 62.9 Å². The highest BCUT2D eigenvalue weighted by atomic mass is 16.2. The van der Waals surface area contributed by atoms with E-state index in [0.29, 0.717) is 11.3 Å². The quantitative estimate of drug-likeness (QED) is 0.486. The summed E-state index contributed by atoms with van der Waals surface area (Å²) in [6.07, 6.45) is 6.11. The summed E-state index contributed by atoms with van der Waals surface area (Å²) < 4.78 is 0. The Balaban J connectivity index is 1.81. The Kier molecular flexibility index (Phi) is 8.72. The van der Waals surface area contributed by atoms with E-state index in [1.54, 1.807) is 0 Å². The molecule has 2 atom stereocenters. The highest BCUT2D eigenvalue weighted by Gasteiger charge is 2.23. The number of hydrogen-bond acceptors (Lipinski definition) is 3. The van der Waals surface area contributed by atoms with Crippen molar-refractivity contribution in [2.24, 2.45) is 5.92 Å². The SMILES string of the molecule is CCCC[C@H](CC)C(=O)Nc1ccc(N2CCCC2)c(C(=O)N[C@H](C)c2ccccc2)c1. The van der Waals surface area contributed by atoms with Crippen LogP contribution in [0.15, 0.2) is 48.5 Å². The first-order valence-corrected chi connectivity index (χ1v) is 12.1. The van der Waals surface area contributed by atoms with Crippen LogP contribution in [0.3, 0.4) is 0 Å². The summed E-state index contributed by atoms with van der Waals surface area (Å²) in [6.45, 7) is 8.10. The van der Waals surface area contributed by atoms with Gasteiger partial charge in [-0.25, -0.2) is 0 Å². The molecule has 0 unspecified atom stereocenters. The Morgan fingerprint density at radius 1 is 1.03 bits per heavy atom. The molecule has 2 N–H and O–H groups in total. The molecule has 2 amide bonds. The van der Waals surface area contributed by atoms with Gasteiger partial charge < -0.3 is 15.5 Å². The van der Waals surface area contributed by atoms with Crippen LogP contribution in [0.2, 0.25) is 0 Å². The first-order chi connectivity index (χ1) is 15.5. The fourth-order valence-corrected chi connectivity index (χ4v) is 4.34. The van der Waals surface area contributed by atoms with Gasteiger partial charge in [-0.15, -0.1) is 0 Å². The average molecular weight is 436 g/mol. The first-order valence-electron chi connectivity index (χ1n) is 12.1. The maximum atomic E-state index is 13.3.